The topological polar surface area (TPSA) is 66.8 Å². The first-order valence-corrected chi connectivity index (χ1v) is 10.8. The highest BCUT2D eigenvalue weighted by Crippen LogP contribution is 2.40. The molecular formula is C25H34O4. The van der Waals surface area contributed by atoms with Crippen LogP contribution in [0.3, 0.4) is 0 Å². The van der Waals surface area contributed by atoms with Crippen molar-refractivity contribution in [2.24, 2.45) is 0 Å². The highest BCUT2D eigenvalue weighted by atomic mass is 16.5. The zero-order valence-corrected chi connectivity index (χ0v) is 17.7. The lowest BCUT2D eigenvalue weighted by Crippen LogP contribution is -2.07. The Morgan fingerprint density at radius 1 is 0.931 bits per heavy atom. The highest BCUT2D eigenvalue weighted by Gasteiger charge is 2.23. The van der Waals surface area contributed by atoms with Crippen LogP contribution in [-0.2, 0) is 0 Å². The van der Waals surface area contributed by atoms with Crippen molar-refractivity contribution in [3.63, 3.8) is 0 Å². The number of carboxylic acids is 1. The Hall–Kier alpha value is -2.49. The maximum Gasteiger partial charge on any atom is 0.339 e. The summed E-state index contributed by atoms with van der Waals surface area (Å²) in [6.45, 7) is 4.75. The SMILES string of the molecule is CCCCCCCCCCOc1ccc(C(=O)O)c(O)c1C(C)c1ccccc1. The van der Waals surface area contributed by atoms with Crippen LogP contribution < -0.4 is 4.74 Å². The summed E-state index contributed by atoms with van der Waals surface area (Å²) in [5.41, 5.74) is 1.44. The predicted molar refractivity (Wildman–Crippen MR) is 117 cm³/mol. The van der Waals surface area contributed by atoms with Gasteiger partial charge in [0.2, 0.25) is 0 Å². The molecule has 0 heterocycles. The summed E-state index contributed by atoms with van der Waals surface area (Å²) in [5, 5.41) is 20.0. The zero-order chi connectivity index (χ0) is 21.1. The smallest absolute Gasteiger partial charge is 0.339 e. The van der Waals surface area contributed by atoms with Gasteiger partial charge in [-0.1, -0.05) is 89.1 Å². The van der Waals surface area contributed by atoms with Crippen LogP contribution in [0.25, 0.3) is 0 Å². The maximum atomic E-state index is 11.5. The van der Waals surface area contributed by atoms with Gasteiger partial charge in [-0.05, 0) is 24.1 Å². The molecule has 1 atom stereocenters. The first-order valence-electron chi connectivity index (χ1n) is 10.8. The Morgan fingerprint density at radius 2 is 1.55 bits per heavy atom. The van der Waals surface area contributed by atoms with Crippen molar-refractivity contribution < 1.29 is 19.7 Å². The first kappa shape index (κ1) is 22.8. The van der Waals surface area contributed by atoms with Gasteiger partial charge in [-0.25, -0.2) is 4.79 Å². The van der Waals surface area contributed by atoms with Crippen molar-refractivity contribution in [3.8, 4) is 11.5 Å². The van der Waals surface area contributed by atoms with Gasteiger partial charge in [0.25, 0.3) is 0 Å². The summed E-state index contributed by atoms with van der Waals surface area (Å²) in [6, 6.07) is 12.8. The summed E-state index contributed by atoms with van der Waals surface area (Å²) in [5.74, 6) is -0.961. The molecule has 4 nitrogen and oxygen atoms in total. The Kier molecular flexibility index (Phi) is 9.55. The molecule has 29 heavy (non-hydrogen) atoms. The molecule has 2 aromatic rings. The zero-order valence-electron chi connectivity index (χ0n) is 17.7. The van der Waals surface area contributed by atoms with Gasteiger partial charge in [-0.3, -0.25) is 0 Å². The molecule has 0 fully saturated rings. The molecule has 0 radical (unpaired) electrons. The van der Waals surface area contributed by atoms with Gasteiger partial charge in [0.1, 0.15) is 17.1 Å². The van der Waals surface area contributed by atoms with Crippen molar-refractivity contribution in [2.75, 3.05) is 6.61 Å². The lowest BCUT2D eigenvalue weighted by Gasteiger charge is -2.20. The third-order valence-electron chi connectivity index (χ3n) is 5.40. The number of hydrogen-bond donors (Lipinski definition) is 2. The van der Waals surface area contributed by atoms with Crippen LogP contribution in [-0.4, -0.2) is 22.8 Å². The fraction of sp³-hybridized carbons (Fsp3) is 0.480. The molecule has 0 aromatic heterocycles. The van der Waals surface area contributed by atoms with Crippen LogP contribution in [0.5, 0.6) is 11.5 Å². The molecule has 0 amide bonds. The minimum atomic E-state index is -1.14. The molecule has 2 rings (SSSR count). The molecule has 0 aliphatic rings. The number of aromatic hydroxyl groups is 1. The second kappa shape index (κ2) is 12.2. The number of phenols is 1. The van der Waals surface area contributed by atoms with Gasteiger partial charge in [0, 0.05) is 11.5 Å². The number of aromatic carboxylic acids is 1. The Morgan fingerprint density at radius 3 is 2.17 bits per heavy atom. The normalized spacial score (nSPS) is 11.9. The van der Waals surface area contributed by atoms with E-state index in [1.165, 1.54) is 44.6 Å². The summed E-state index contributed by atoms with van der Waals surface area (Å²) in [4.78, 5) is 11.5. The fourth-order valence-electron chi connectivity index (χ4n) is 3.63. The Balaban J connectivity index is 2.02. The number of unbranched alkanes of at least 4 members (excludes halogenated alkanes) is 7. The van der Waals surface area contributed by atoms with Crippen molar-refractivity contribution >= 4 is 5.97 Å². The van der Waals surface area contributed by atoms with Gasteiger partial charge in [-0.15, -0.1) is 0 Å². The molecule has 0 spiro atoms. The van der Waals surface area contributed by atoms with Crippen LogP contribution in [0.2, 0.25) is 0 Å². The molecule has 1 unspecified atom stereocenters. The van der Waals surface area contributed by atoms with Gasteiger partial charge in [0.05, 0.1) is 6.61 Å². The third-order valence-corrected chi connectivity index (χ3v) is 5.40. The predicted octanol–water partition coefficient (Wildman–Crippen LogP) is 6.76. The van der Waals surface area contributed by atoms with Crippen molar-refractivity contribution in [1.82, 2.24) is 0 Å². The minimum absolute atomic E-state index is 0.0952. The van der Waals surface area contributed by atoms with E-state index in [9.17, 15) is 15.0 Å². The summed E-state index contributed by atoms with van der Waals surface area (Å²) >= 11 is 0. The lowest BCUT2D eigenvalue weighted by molar-refractivity contribution is 0.0693. The quantitative estimate of drug-likeness (QED) is 0.366. The molecule has 0 saturated heterocycles. The number of carboxylic acid groups (broad SMARTS) is 1. The van der Waals surface area contributed by atoms with E-state index in [1.54, 1.807) is 6.07 Å². The molecule has 158 valence electrons. The van der Waals surface area contributed by atoms with E-state index in [-0.39, 0.29) is 17.2 Å². The second-order valence-electron chi connectivity index (χ2n) is 7.63. The molecule has 2 aromatic carbocycles. The van der Waals surface area contributed by atoms with E-state index in [0.717, 1.165) is 18.4 Å². The van der Waals surface area contributed by atoms with Gasteiger partial charge < -0.3 is 14.9 Å². The average molecular weight is 399 g/mol. The van der Waals surface area contributed by atoms with Crippen LogP contribution in [0.15, 0.2) is 42.5 Å². The summed E-state index contributed by atoms with van der Waals surface area (Å²) in [7, 11) is 0. The Labute approximate surface area is 174 Å². The van der Waals surface area contributed by atoms with Crippen LogP contribution in [0.1, 0.15) is 92.6 Å². The highest BCUT2D eigenvalue weighted by molar-refractivity contribution is 5.92. The van der Waals surface area contributed by atoms with E-state index in [2.05, 4.69) is 6.92 Å². The monoisotopic (exact) mass is 398 g/mol. The van der Waals surface area contributed by atoms with E-state index in [1.807, 2.05) is 37.3 Å². The van der Waals surface area contributed by atoms with E-state index >= 15 is 0 Å². The number of rotatable bonds is 13. The molecule has 4 heteroatoms. The van der Waals surface area contributed by atoms with E-state index in [4.69, 9.17) is 4.74 Å². The number of ether oxygens (including phenoxy) is 1. The lowest BCUT2D eigenvalue weighted by atomic mass is 9.90. The molecule has 0 saturated carbocycles. The minimum Gasteiger partial charge on any atom is -0.507 e. The summed E-state index contributed by atoms with van der Waals surface area (Å²) in [6.07, 6.45) is 9.77. The van der Waals surface area contributed by atoms with E-state index in [0.29, 0.717) is 17.9 Å². The fourth-order valence-corrected chi connectivity index (χ4v) is 3.63. The molecule has 0 bridgehead atoms. The summed E-state index contributed by atoms with van der Waals surface area (Å²) < 4.78 is 5.99. The van der Waals surface area contributed by atoms with Gasteiger partial charge in [0.15, 0.2) is 0 Å². The molecule has 0 aliphatic heterocycles. The molecular weight excluding hydrogens is 364 g/mol. The van der Waals surface area contributed by atoms with Gasteiger partial charge >= 0.3 is 5.97 Å². The van der Waals surface area contributed by atoms with E-state index < -0.39 is 5.97 Å². The average Bonchev–Trinajstić information content (AvgIpc) is 2.72. The number of hydrogen-bond acceptors (Lipinski definition) is 3. The largest absolute Gasteiger partial charge is 0.507 e. The molecule has 0 aliphatic carbocycles. The molecule has 2 N–H and O–H groups in total. The van der Waals surface area contributed by atoms with Crippen molar-refractivity contribution in [1.29, 1.82) is 0 Å². The van der Waals surface area contributed by atoms with Crippen LogP contribution in [0.4, 0.5) is 0 Å². The Bertz CT molecular complexity index is 755. The number of benzene rings is 2. The standard InChI is InChI=1S/C25H34O4/c1-3-4-5-6-7-8-9-13-18-29-22-17-16-21(25(27)28)24(26)23(22)19(2)20-14-11-10-12-15-20/h10-12,14-17,19,26H,3-9,13,18H2,1-2H3,(H,27,28). The maximum absolute atomic E-state index is 11.5. The van der Waals surface area contributed by atoms with Crippen LogP contribution >= 0.6 is 0 Å². The first-order chi connectivity index (χ1) is 14.1. The number of carbonyl (C=O) groups is 1. The van der Waals surface area contributed by atoms with Crippen molar-refractivity contribution in [2.45, 2.75) is 71.1 Å². The van der Waals surface area contributed by atoms with Gasteiger partial charge in [-0.2, -0.15) is 0 Å². The van der Waals surface area contributed by atoms with Crippen LogP contribution in [0, 0.1) is 0 Å². The second-order valence-corrected chi connectivity index (χ2v) is 7.63. The van der Waals surface area contributed by atoms with Crippen molar-refractivity contribution in [3.05, 3.63) is 59.2 Å². The third kappa shape index (κ3) is 6.81.